The van der Waals surface area contributed by atoms with Crippen molar-refractivity contribution < 1.29 is 13.9 Å². The third kappa shape index (κ3) is 3.10. The number of hydrogen-bond donors (Lipinski definition) is 1. The van der Waals surface area contributed by atoms with Gasteiger partial charge >= 0.3 is 0 Å². The maximum absolute atomic E-state index is 12.8. The molecule has 98 valence electrons. The number of hydrogen-bond acceptors (Lipinski definition) is 2. The van der Waals surface area contributed by atoms with Crippen LogP contribution in [-0.2, 0) is 0 Å². The lowest BCUT2D eigenvalue weighted by Gasteiger charge is -2.11. The molecule has 4 heteroatoms. The van der Waals surface area contributed by atoms with Crippen molar-refractivity contribution in [2.24, 2.45) is 0 Å². The van der Waals surface area contributed by atoms with Crippen molar-refractivity contribution in [2.75, 3.05) is 12.4 Å². The van der Waals surface area contributed by atoms with Gasteiger partial charge in [0.25, 0.3) is 5.91 Å². The van der Waals surface area contributed by atoms with E-state index >= 15 is 0 Å². The van der Waals surface area contributed by atoms with Gasteiger partial charge in [-0.25, -0.2) is 4.39 Å². The van der Waals surface area contributed by atoms with Gasteiger partial charge in [0.15, 0.2) is 0 Å². The second kappa shape index (κ2) is 5.52. The molecule has 0 radical (unpaired) electrons. The Hall–Kier alpha value is -2.36. The third-order valence-corrected chi connectivity index (χ3v) is 2.71. The van der Waals surface area contributed by atoms with E-state index in [4.69, 9.17) is 4.74 Å². The van der Waals surface area contributed by atoms with E-state index in [1.807, 2.05) is 19.1 Å². The van der Waals surface area contributed by atoms with E-state index in [1.54, 1.807) is 6.07 Å². The van der Waals surface area contributed by atoms with Gasteiger partial charge in [-0.2, -0.15) is 0 Å². The lowest BCUT2D eigenvalue weighted by molar-refractivity contribution is 0.102. The van der Waals surface area contributed by atoms with Crippen LogP contribution >= 0.6 is 0 Å². The largest absolute Gasteiger partial charge is 0.495 e. The van der Waals surface area contributed by atoms with Gasteiger partial charge in [-0.1, -0.05) is 6.07 Å². The van der Waals surface area contributed by atoms with Crippen molar-refractivity contribution in [3.05, 3.63) is 59.4 Å². The van der Waals surface area contributed by atoms with Gasteiger partial charge in [-0.15, -0.1) is 0 Å². The Labute approximate surface area is 111 Å². The Morgan fingerprint density at radius 1 is 1.16 bits per heavy atom. The number of aryl methyl sites for hydroxylation is 1. The molecule has 0 aliphatic carbocycles. The van der Waals surface area contributed by atoms with Crippen LogP contribution in [0, 0.1) is 12.7 Å². The molecule has 0 saturated heterocycles. The number of nitrogens with one attached hydrogen (secondary N) is 1. The summed E-state index contributed by atoms with van der Waals surface area (Å²) in [5.41, 5.74) is 2.00. The second-order valence-corrected chi connectivity index (χ2v) is 4.16. The van der Waals surface area contributed by atoms with E-state index in [0.717, 1.165) is 5.56 Å². The van der Waals surface area contributed by atoms with Gasteiger partial charge in [0.1, 0.15) is 11.6 Å². The summed E-state index contributed by atoms with van der Waals surface area (Å²) in [6, 6.07) is 10.9. The number of methoxy groups -OCH3 is 1. The van der Waals surface area contributed by atoms with Gasteiger partial charge in [0.2, 0.25) is 0 Å². The van der Waals surface area contributed by atoms with Crippen LogP contribution in [0.2, 0.25) is 0 Å². The Balaban J connectivity index is 2.23. The molecule has 1 amide bonds. The highest BCUT2D eigenvalue weighted by atomic mass is 19.1. The smallest absolute Gasteiger partial charge is 0.255 e. The van der Waals surface area contributed by atoms with Crippen molar-refractivity contribution in [1.82, 2.24) is 0 Å². The number of ether oxygens (including phenoxy) is 1. The first-order valence-electron chi connectivity index (χ1n) is 5.81. The summed E-state index contributed by atoms with van der Waals surface area (Å²) in [5, 5.41) is 2.75. The van der Waals surface area contributed by atoms with Crippen molar-refractivity contribution in [3.63, 3.8) is 0 Å². The molecule has 0 saturated carbocycles. The Morgan fingerprint density at radius 3 is 2.47 bits per heavy atom. The van der Waals surface area contributed by atoms with E-state index in [-0.39, 0.29) is 11.7 Å². The molecular formula is C15H14FNO2. The van der Waals surface area contributed by atoms with Crippen LogP contribution in [-0.4, -0.2) is 13.0 Å². The maximum Gasteiger partial charge on any atom is 0.255 e. The molecule has 19 heavy (non-hydrogen) atoms. The molecule has 3 nitrogen and oxygen atoms in total. The first kappa shape index (κ1) is 13.1. The molecule has 1 N–H and O–H groups in total. The summed E-state index contributed by atoms with van der Waals surface area (Å²) in [6.07, 6.45) is 0. The zero-order valence-corrected chi connectivity index (χ0v) is 10.7. The minimum atomic E-state index is -0.371. The van der Waals surface area contributed by atoms with Gasteiger partial charge < -0.3 is 10.1 Å². The average Bonchev–Trinajstić information content (AvgIpc) is 2.39. The molecule has 0 aromatic heterocycles. The third-order valence-electron chi connectivity index (χ3n) is 2.71. The Morgan fingerprint density at radius 2 is 1.84 bits per heavy atom. The monoisotopic (exact) mass is 259 g/mol. The zero-order chi connectivity index (χ0) is 13.8. The van der Waals surface area contributed by atoms with Crippen molar-refractivity contribution >= 4 is 11.6 Å². The molecule has 2 rings (SSSR count). The summed E-state index contributed by atoms with van der Waals surface area (Å²) in [7, 11) is 1.54. The first-order valence-corrected chi connectivity index (χ1v) is 5.81. The van der Waals surface area contributed by atoms with Crippen LogP contribution in [0.5, 0.6) is 5.75 Å². The van der Waals surface area contributed by atoms with E-state index < -0.39 is 0 Å². The highest BCUT2D eigenvalue weighted by Crippen LogP contribution is 2.25. The molecule has 2 aromatic carbocycles. The first-order chi connectivity index (χ1) is 9.10. The number of benzene rings is 2. The van der Waals surface area contributed by atoms with Crippen LogP contribution in [0.25, 0.3) is 0 Å². The van der Waals surface area contributed by atoms with Crippen LogP contribution in [0.1, 0.15) is 15.9 Å². The average molecular weight is 259 g/mol. The molecule has 0 bridgehead atoms. The molecule has 2 aromatic rings. The quantitative estimate of drug-likeness (QED) is 0.917. The van der Waals surface area contributed by atoms with Crippen LogP contribution in [0.4, 0.5) is 10.1 Å². The van der Waals surface area contributed by atoms with Crippen LogP contribution in [0.15, 0.2) is 42.5 Å². The number of carbonyl (C=O) groups excluding carboxylic acids is 1. The molecule has 0 unspecified atom stereocenters. The second-order valence-electron chi connectivity index (χ2n) is 4.16. The maximum atomic E-state index is 12.8. The number of rotatable bonds is 3. The normalized spacial score (nSPS) is 10.1. The molecule has 0 heterocycles. The standard InChI is InChI=1S/C15H14FNO2/c1-10-3-8-14(19-2)13(9-10)17-15(18)11-4-6-12(16)7-5-11/h3-9H,1-2H3,(H,17,18). The summed E-state index contributed by atoms with van der Waals surface area (Å²) < 4.78 is 18.0. The summed E-state index contributed by atoms with van der Waals surface area (Å²) in [4.78, 5) is 12.0. The predicted octanol–water partition coefficient (Wildman–Crippen LogP) is 3.40. The summed E-state index contributed by atoms with van der Waals surface area (Å²) >= 11 is 0. The van der Waals surface area contributed by atoms with E-state index in [2.05, 4.69) is 5.32 Å². The van der Waals surface area contributed by atoms with Crippen molar-refractivity contribution in [3.8, 4) is 5.75 Å². The van der Waals surface area contributed by atoms with Crippen molar-refractivity contribution in [2.45, 2.75) is 6.92 Å². The van der Waals surface area contributed by atoms with Gasteiger partial charge in [0.05, 0.1) is 12.8 Å². The SMILES string of the molecule is COc1ccc(C)cc1NC(=O)c1ccc(F)cc1. The van der Waals surface area contributed by atoms with Gasteiger partial charge in [-0.05, 0) is 48.9 Å². The lowest BCUT2D eigenvalue weighted by atomic mass is 10.1. The number of amides is 1. The fraction of sp³-hybridized carbons (Fsp3) is 0.133. The Bertz CT molecular complexity index is 594. The molecule has 0 fully saturated rings. The van der Waals surface area contributed by atoms with Gasteiger partial charge in [0, 0.05) is 5.56 Å². The molecule has 0 aliphatic rings. The predicted molar refractivity (Wildman–Crippen MR) is 72.1 cm³/mol. The van der Waals surface area contributed by atoms with E-state index in [0.29, 0.717) is 17.0 Å². The lowest BCUT2D eigenvalue weighted by Crippen LogP contribution is -2.12. The number of carbonyl (C=O) groups is 1. The fourth-order valence-corrected chi connectivity index (χ4v) is 1.72. The molecular weight excluding hydrogens is 245 g/mol. The number of halogens is 1. The highest BCUT2D eigenvalue weighted by molar-refractivity contribution is 6.05. The van der Waals surface area contributed by atoms with E-state index in [9.17, 15) is 9.18 Å². The minimum Gasteiger partial charge on any atom is -0.495 e. The fourth-order valence-electron chi connectivity index (χ4n) is 1.72. The summed E-state index contributed by atoms with van der Waals surface area (Å²) in [5.74, 6) is -0.0883. The topological polar surface area (TPSA) is 38.3 Å². The minimum absolute atomic E-state index is 0.302. The molecule has 0 aliphatic heterocycles. The van der Waals surface area contributed by atoms with Crippen LogP contribution in [0.3, 0.4) is 0 Å². The zero-order valence-electron chi connectivity index (χ0n) is 10.7. The molecule has 0 atom stereocenters. The van der Waals surface area contributed by atoms with Crippen molar-refractivity contribution in [1.29, 1.82) is 0 Å². The highest BCUT2D eigenvalue weighted by Gasteiger charge is 2.09. The van der Waals surface area contributed by atoms with E-state index in [1.165, 1.54) is 31.4 Å². The Kier molecular flexibility index (Phi) is 3.80. The van der Waals surface area contributed by atoms with Gasteiger partial charge in [-0.3, -0.25) is 4.79 Å². The molecule has 0 spiro atoms. The number of anilines is 1. The summed E-state index contributed by atoms with van der Waals surface area (Å²) in [6.45, 7) is 1.92. The van der Waals surface area contributed by atoms with Crippen LogP contribution < -0.4 is 10.1 Å².